The van der Waals surface area contributed by atoms with Gasteiger partial charge in [0, 0.05) is 18.1 Å². The number of ether oxygens (including phenoxy) is 1. The lowest BCUT2D eigenvalue weighted by Gasteiger charge is -2.02. The normalized spacial score (nSPS) is 11.9. The van der Waals surface area contributed by atoms with Crippen LogP contribution in [0.2, 0.25) is 5.02 Å². The van der Waals surface area contributed by atoms with Crippen LogP contribution in [0.1, 0.15) is 0 Å². The highest BCUT2D eigenvalue weighted by molar-refractivity contribution is 7.16. The Kier molecular flexibility index (Phi) is 4.64. The van der Waals surface area contributed by atoms with E-state index in [9.17, 15) is 13.6 Å². The zero-order valence-electron chi connectivity index (χ0n) is 12.4. The van der Waals surface area contributed by atoms with Crippen LogP contribution in [0.4, 0.5) is 8.78 Å². The van der Waals surface area contributed by atoms with Crippen molar-refractivity contribution >= 4 is 39.1 Å². The monoisotopic (exact) mass is 368 g/mol. The number of aromatic nitrogens is 1. The van der Waals surface area contributed by atoms with E-state index in [1.54, 1.807) is 31.3 Å². The molecule has 124 valence electrons. The van der Waals surface area contributed by atoms with Crippen molar-refractivity contribution in [2.45, 2.75) is 0 Å². The summed E-state index contributed by atoms with van der Waals surface area (Å²) in [6.07, 6.45) is 0. The van der Waals surface area contributed by atoms with E-state index in [-0.39, 0.29) is 16.9 Å². The van der Waals surface area contributed by atoms with Crippen molar-refractivity contribution in [2.75, 3.05) is 6.61 Å². The van der Waals surface area contributed by atoms with Crippen LogP contribution in [-0.4, -0.2) is 17.1 Å². The number of hydrogen-bond donors (Lipinski definition) is 0. The maximum atomic E-state index is 13.8. The first-order chi connectivity index (χ1) is 11.4. The fourth-order valence-electron chi connectivity index (χ4n) is 2.12. The van der Waals surface area contributed by atoms with E-state index in [1.165, 1.54) is 10.6 Å². The van der Waals surface area contributed by atoms with E-state index in [4.69, 9.17) is 16.3 Å². The van der Waals surface area contributed by atoms with Crippen molar-refractivity contribution in [3.63, 3.8) is 0 Å². The summed E-state index contributed by atoms with van der Waals surface area (Å²) in [5, 5.41) is 0.560. The van der Waals surface area contributed by atoms with E-state index < -0.39 is 17.5 Å². The number of amides is 1. The fourth-order valence-corrected chi connectivity index (χ4v) is 3.32. The van der Waals surface area contributed by atoms with E-state index in [0.29, 0.717) is 15.5 Å². The number of rotatable bonds is 3. The molecule has 24 heavy (non-hydrogen) atoms. The Morgan fingerprint density at radius 3 is 2.71 bits per heavy atom. The third-order valence-electron chi connectivity index (χ3n) is 3.21. The number of halogens is 3. The molecule has 0 aliphatic heterocycles. The molecule has 0 unspecified atom stereocenters. The number of fused-ring (bicyclic) bond motifs is 1. The van der Waals surface area contributed by atoms with Gasteiger partial charge in [-0.2, -0.15) is 4.99 Å². The first-order valence-corrected chi connectivity index (χ1v) is 8.04. The molecular formula is C16H11ClF2N2O2S. The molecule has 0 bridgehead atoms. The maximum absolute atomic E-state index is 13.8. The first-order valence-electron chi connectivity index (χ1n) is 6.84. The molecule has 0 spiro atoms. The molecule has 0 N–H and O–H groups in total. The van der Waals surface area contributed by atoms with Gasteiger partial charge in [-0.05, 0) is 30.3 Å². The number of aryl methyl sites for hydroxylation is 1. The molecule has 0 radical (unpaired) electrons. The lowest BCUT2D eigenvalue weighted by Crippen LogP contribution is -2.17. The summed E-state index contributed by atoms with van der Waals surface area (Å²) in [6, 6.07) is 8.55. The zero-order valence-corrected chi connectivity index (χ0v) is 14.0. The minimum atomic E-state index is -0.699. The van der Waals surface area contributed by atoms with Gasteiger partial charge in [0.2, 0.25) is 0 Å². The lowest BCUT2D eigenvalue weighted by molar-refractivity contribution is -0.120. The van der Waals surface area contributed by atoms with E-state index >= 15 is 0 Å². The van der Waals surface area contributed by atoms with Gasteiger partial charge in [0.05, 0.1) is 10.2 Å². The highest BCUT2D eigenvalue weighted by Crippen LogP contribution is 2.21. The molecule has 0 atom stereocenters. The standard InChI is InChI=1S/C16H11ClF2N2O2S/c1-21-15-12(19)6-10(18)7-13(15)24-16(21)20-14(22)8-23-11-4-2-9(17)3-5-11/h2-7H,8H2,1H3. The van der Waals surface area contributed by atoms with Gasteiger partial charge in [0.15, 0.2) is 17.2 Å². The molecule has 8 heteroatoms. The van der Waals surface area contributed by atoms with Crippen molar-refractivity contribution in [3.8, 4) is 5.75 Å². The molecule has 3 aromatic rings. The highest BCUT2D eigenvalue weighted by Gasteiger charge is 2.11. The molecule has 2 aromatic carbocycles. The SMILES string of the molecule is Cn1c(=NC(=O)COc2ccc(Cl)cc2)sc2cc(F)cc(F)c21. The molecule has 0 saturated carbocycles. The van der Waals surface area contributed by atoms with Gasteiger partial charge >= 0.3 is 0 Å². The van der Waals surface area contributed by atoms with Crippen LogP contribution in [0, 0.1) is 11.6 Å². The predicted octanol–water partition coefficient (Wildman–Crippen LogP) is 3.68. The molecule has 1 aromatic heterocycles. The van der Waals surface area contributed by atoms with Gasteiger partial charge in [-0.15, -0.1) is 0 Å². The van der Waals surface area contributed by atoms with Gasteiger partial charge in [0.1, 0.15) is 11.6 Å². The zero-order chi connectivity index (χ0) is 17.3. The van der Waals surface area contributed by atoms with Crippen molar-refractivity contribution < 1.29 is 18.3 Å². The van der Waals surface area contributed by atoms with Crippen LogP contribution in [0.3, 0.4) is 0 Å². The van der Waals surface area contributed by atoms with Crippen molar-refractivity contribution in [1.29, 1.82) is 0 Å². The first kappa shape index (κ1) is 16.6. The van der Waals surface area contributed by atoms with Crippen LogP contribution in [0.25, 0.3) is 10.2 Å². The smallest absolute Gasteiger partial charge is 0.286 e. The average molecular weight is 369 g/mol. The molecule has 4 nitrogen and oxygen atoms in total. The second-order valence-corrected chi connectivity index (χ2v) is 6.37. The fraction of sp³-hybridized carbons (Fsp3) is 0.125. The van der Waals surface area contributed by atoms with Crippen LogP contribution < -0.4 is 9.54 Å². The molecule has 0 aliphatic rings. The molecule has 1 heterocycles. The average Bonchev–Trinajstić information content (AvgIpc) is 2.82. The quantitative estimate of drug-likeness (QED) is 0.708. The molecule has 1 amide bonds. The summed E-state index contributed by atoms with van der Waals surface area (Å²) in [6.45, 7) is -0.271. The summed E-state index contributed by atoms with van der Waals surface area (Å²) >= 11 is 6.79. The second-order valence-electron chi connectivity index (χ2n) is 4.93. The van der Waals surface area contributed by atoms with Crippen LogP contribution in [0.15, 0.2) is 41.4 Å². The number of carbonyl (C=O) groups excluding carboxylic acids is 1. The van der Waals surface area contributed by atoms with E-state index in [1.807, 2.05) is 0 Å². The van der Waals surface area contributed by atoms with E-state index in [2.05, 4.69) is 4.99 Å². The molecule has 0 aliphatic carbocycles. The van der Waals surface area contributed by atoms with E-state index in [0.717, 1.165) is 17.4 Å². The Labute approximate surface area is 144 Å². The largest absolute Gasteiger partial charge is 0.484 e. The topological polar surface area (TPSA) is 43.6 Å². The molecular weight excluding hydrogens is 358 g/mol. The summed E-state index contributed by atoms with van der Waals surface area (Å²) < 4.78 is 34.2. The number of hydrogen-bond acceptors (Lipinski definition) is 3. The van der Waals surface area contributed by atoms with Gasteiger partial charge < -0.3 is 9.30 Å². The number of benzene rings is 2. The Morgan fingerprint density at radius 1 is 1.29 bits per heavy atom. The second kappa shape index (κ2) is 6.70. The molecule has 3 rings (SSSR count). The third kappa shape index (κ3) is 3.47. The molecule has 0 saturated heterocycles. The third-order valence-corrected chi connectivity index (χ3v) is 4.54. The van der Waals surface area contributed by atoms with Gasteiger partial charge in [-0.3, -0.25) is 4.79 Å². The minimum Gasteiger partial charge on any atom is -0.484 e. The number of carbonyl (C=O) groups is 1. The summed E-state index contributed by atoms with van der Waals surface area (Å²) in [4.78, 5) is 16.1. The van der Waals surface area contributed by atoms with Crippen LogP contribution >= 0.6 is 22.9 Å². The van der Waals surface area contributed by atoms with Crippen molar-refractivity contribution in [3.05, 3.63) is 57.9 Å². The van der Waals surface area contributed by atoms with Crippen molar-refractivity contribution in [1.82, 2.24) is 4.57 Å². The minimum absolute atomic E-state index is 0.201. The predicted molar refractivity (Wildman–Crippen MR) is 88.2 cm³/mol. The highest BCUT2D eigenvalue weighted by atomic mass is 35.5. The van der Waals surface area contributed by atoms with Crippen LogP contribution in [0.5, 0.6) is 5.75 Å². The Bertz CT molecular complexity index is 980. The number of nitrogens with zero attached hydrogens (tertiary/aromatic N) is 2. The van der Waals surface area contributed by atoms with Crippen LogP contribution in [-0.2, 0) is 11.8 Å². The Hall–Kier alpha value is -2.25. The lowest BCUT2D eigenvalue weighted by atomic mass is 10.3. The maximum Gasteiger partial charge on any atom is 0.286 e. The Balaban J connectivity index is 1.84. The summed E-state index contributed by atoms with van der Waals surface area (Å²) in [7, 11) is 1.56. The Morgan fingerprint density at radius 2 is 2.00 bits per heavy atom. The summed E-state index contributed by atoms with van der Waals surface area (Å²) in [5.74, 6) is -1.43. The van der Waals surface area contributed by atoms with Gasteiger partial charge in [-0.1, -0.05) is 22.9 Å². The van der Waals surface area contributed by atoms with Gasteiger partial charge in [-0.25, -0.2) is 8.78 Å². The number of thiazole rings is 1. The van der Waals surface area contributed by atoms with Gasteiger partial charge in [0.25, 0.3) is 5.91 Å². The van der Waals surface area contributed by atoms with Crippen molar-refractivity contribution in [2.24, 2.45) is 12.0 Å². The molecule has 0 fully saturated rings. The summed E-state index contributed by atoms with van der Waals surface area (Å²) in [5.41, 5.74) is 0.201.